The van der Waals surface area contributed by atoms with Crippen molar-refractivity contribution in [2.24, 2.45) is 0 Å². The van der Waals surface area contributed by atoms with Crippen molar-refractivity contribution in [2.45, 2.75) is 43.6 Å². The van der Waals surface area contributed by atoms with Gasteiger partial charge in [0.1, 0.15) is 5.01 Å². The topological polar surface area (TPSA) is 24.9 Å². The quantitative estimate of drug-likeness (QED) is 0.808. The second-order valence-electron chi connectivity index (χ2n) is 3.71. The third-order valence-corrected chi connectivity index (χ3v) is 3.98. The van der Waals surface area contributed by atoms with E-state index in [1.807, 2.05) is 11.6 Å². The predicted molar refractivity (Wildman–Crippen MR) is 60.9 cm³/mol. The highest BCUT2D eigenvalue weighted by molar-refractivity contribution is 7.09. The van der Waals surface area contributed by atoms with E-state index < -0.39 is 0 Å². The molecule has 0 saturated heterocycles. The molecule has 0 radical (unpaired) electrons. The number of rotatable bonds is 3. The van der Waals surface area contributed by atoms with Crippen molar-refractivity contribution >= 4 is 22.9 Å². The molecule has 2 atom stereocenters. The maximum absolute atomic E-state index is 6.24. The molecule has 1 aliphatic rings. The standard InChI is InChI=1S/C10H15ClN2S/c11-8-3-1-2-4-9(8)13-7-10-12-5-6-14-10/h5-6,8-9,13H,1-4,7H2. The summed E-state index contributed by atoms with van der Waals surface area (Å²) in [7, 11) is 0. The molecule has 0 amide bonds. The minimum Gasteiger partial charge on any atom is -0.306 e. The molecule has 1 aromatic rings. The van der Waals surface area contributed by atoms with Gasteiger partial charge in [-0.15, -0.1) is 22.9 Å². The molecule has 4 heteroatoms. The van der Waals surface area contributed by atoms with Gasteiger partial charge in [-0.2, -0.15) is 0 Å². The van der Waals surface area contributed by atoms with E-state index in [0.717, 1.165) is 18.0 Å². The number of hydrogen-bond donors (Lipinski definition) is 1. The third kappa shape index (κ3) is 2.69. The molecule has 2 nitrogen and oxygen atoms in total. The first-order valence-corrected chi connectivity index (χ1v) is 6.43. The number of nitrogens with one attached hydrogen (secondary N) is 1. The fourth-order valence-electron chi connectivity index (χ4n) is 1.87. The lowest BCUT2D eigenvalue weighted by Gasteiger charge is -2.27. The van der Waals surface area contributed by atoms with Crippen LogP contribution >= 0.6 is 22.9 Å². The number of thiazole rings is 1. The summed E-state index contributed by atoms with van der Waals surface area (Å²) in [5, 5.41) is 6.96. The number of nitrogens with zero attached hydrogens (tertiary/aromatic N) is 1. The van der Waals surface area contributed by atoms with Crippen LogP contribution in [0.3, 0.4) is 0 Å². The maximum atomic E-state index is 6.24. The molecule has 1 aliphatic carbocycles. The molecule has 0 spiro atoms. The Morgan fingerprint density at radius 2 is 2.36 bits per heavy atom. The van der Waals surface area contributed by atoms with Crippen LogP contribution in [0.1, 0.15) is 30.7 Å². The van der Waals surface area contributed by atoms with Crippen molar-refractivity contribution in [1.82, 2.24) is 10.3 Å². The lowest BCUT2D eigenvalue weighted by Crippen LogP contribution is -2.38. The molecule has 1 saturated carbocycles. The van der Waals surface area contributed by atoms with E-state index in [2.05, 4.69) is 10.3 Å². The second-order valence-corrected chi connectivity index (χ2v) is 5.25. The van der Waals surface area contributed by atoms with Gasteiger partial charge in [0.2, 0.25) is 0 Å². The summed E-state index contributed by atoms with van der Waals surface area (Å²) in [5.41, 5.74) is 0. The minimum atomic E-state index is 0.309. The van der Waals surface area contributed by atoms with Gasteiger partial charge in [0.25, 0.3) is 0 Å². The lowest BCUT2D eigenvalue weighted by molar-refractivity contribution is 0.378. The second kappa shape index (κ2) is 5.10. The Hall–Kier alpha value is -0.120. The molecule has 1 N–H and O–H groups in total. The third-order valence-electron chi connectivity index (χ3n) is 2.68. The molecule has 0 bridgehead atoms. The van der Waals surface area contributed by atoms with Crippen molar-refractivity contribution in [3.05, 3.63) is 16.6 Å². The highest BCUT2D eigenvalue weighted by Gasteiger charge is 2.22. The molecule has 1 aromatic heterocycles. The molecule has 1 heterocycles. The monoisotopic (exact) mass is 230 g/mol. The van der Waals surface area contributed by atoms with Crippen LogP contribution in [0.15, 0.2) is 11.6 Å². The van der Waals surface area contributed by atoms with E-state index in [9.17, 15) is 0 Å². The highest BCUT2D eigenvalue weighted by Crippen LogP contribution is 2.23. The van der Waals surface area contributed by atoms with E-state index in [-0.39, 0.29) is 0 Å². The molecule has 1 fully saturated rings. The van der Waals surface area contributed by atoms with E-state index in [4.69, 9.17) is 11.6 Å². The Labute approximate surface area is 93.7 Å². The Morgan fingerprint density at radius 1 is 1.50 bits per heavy atom. The van der Waals surface area contributed by atoms with Crippen LogP contribution in [-0.4, -0.2) is 16.4 Å². The van der Waals surface area contributed by atoms with Crippen LogP contribution in [-0.2, 0) is 6.54 Å². The van der Waals surface area contributed by atoms with Gasteiger partial charge in [-0.1, -0.05) is 12.8 Å². The van der Waals surface area contributed by atoms with Crippen molar-refractivity contribution in [1.29, 1.82) is 0 Å². The number of halogens is 1. The van der Waals surface area contributed by atoms with Gasteiger partial charge in [-0.05, 0) is 12.8 Å². The van der Waals surface area contributed by atoms with Crippen LogP contribution in [0.2, 0.25) is 0 Å². The molecule has 0 aliphatic heterocycles. The number of aromatic nitrogens is 1. The Morgan fingerprint density at radius 3 is 3.07 bits per heavy atom. The first-order valence-electron chi connectivity index (χ1n) is 5.12. The first kappa shape index (κ1) is 10.4. The maximum Gasteiger partial charge on any atom is 0.106 e. The Bertz CT molecular complexity index is 263. The molecular weight excluding hydrogens is 216 g/mol. The molecule has 2 rings (SSSR count). The Kier molecular flexibility index (Phi) is 3.79. The van der Waals surface area contributed by atoms with Crippen LogP contribution in [0.4, 0.5) is 0 Å². The summed E-state index contributed by atoms with van der Waals surface area (Å²) < 4.78 is 0. The van der Waals surface area contributed by atoms with Gasteiger partial charge in [0, 0.05) is 29.5 Å². The summed E-state index contributed by atoms with van der Waals surface area (Å²) in [6.45, 7) is 0.867. The lowest BCUT2D eigenvalue weighted by atomic mass is 9.95. The molecule has 0 aromatic carbocycles. The zero-order valence-corrected chi connectivity index (χ0v) is 9.65. The fraction of sp³-hybridized carbons (Fsp3) is 0.700. The number of hydrogen-bond acceptors (Lipinski definition) is 3. The van der Waals surface area contributed by atoms with Crippen LogP contribution in [0, 0.1) is 0 Å². The Balaban J connectivity index is 1.79. The highest BCUT2D eigenvalue weighted by atomic mass is 35.5. The van der Waals surface area contributed by atoms with Crippen molar-refractivity contribution in [3.8, 4) is 0 Å². The molecule has 14 heavy (non-hydrogen) atoms. The van der Waals surface area contributed by atoms with Crippen molar-refractivity contribution in [3.63, 3.8) is 0 Å². The summed E-state index contributed by atoms with van der Waals surface area (Å²) in [5.74, 6) is 0. The average molecular weight is 231 g/mol. The molecule has 78 valence electrons. The first-order chi connectivity index (χ1) is 6.86. The van der Waals surface area contributed by atoms with E-state index in [0.29, 0.717) is 11.4 Å². The average Bonchev–Trinajstić information content (AvgIpc) is 2.69. The smallest absolute Gasteiger partial charge is 0.106 e. The van der Waals surface area contributed by atoms with E-state index in [1.165, 1.54) is 19.3 Å². The molecule has 2 unspecified atom stereocenters. The summed E-state index contributed by atoms with van der Waals surface area (Å²) in [4.78, 5) is 4.24. The number of alkyl halides is 1. The van der Waals surface area contributed by atoms with Gasteiger partial charge in [-0.25, -0.2) is 4.98 Å². The van der Waals surface area contributed by atoms with Crippen LogP contribution < -0.4 is 5.32 Å². The van der Waals surface area contributed by atoms with Crippen LogP contribution in [0.25, 0.3) is 0 Å². The van der Waals surface area contributed by atoms with Gasteiger partial charge in [0.05, 0.1) is 0 Å². The SMILES string of the molecule is ClC1CCCCC1NCc1nccs1. The zero-order chi connectivity index (χ0) is 9.80. The summed E-state index contributed by atoms with van der Waals surface area (Å²) in [6.07, 6.45) is 6.79. The summed E-state index contributed by atoms with van der Waals surface area (Å²) in [6, 6.07) is 0.481. The molecular formula is C10H15ClN2S. The van der Waals surface area contributed by atoms with Crippen molar-refractivity contribution < 1.29 is 0 Å². The van der Waals surface area contributed by atoms with Crippen molar-refractivity contribution in [2.75, 3.05) is 0 Å². The van der Waals surface area contributed by atoms with Gasteiger partial charge >= 0.3 is 0 Å². The summed E-state index contributed by atoms with van der Waals surface area (Å²) >= 11 is 7.94. The van der Waals surface area contributed by atoms with Crippen LogP contribution in [0.5, 0.6) is 0 Å². The minimum absolute atomic E-state index is 0.309. The van der Waals surface area contributed by atoms with Gasteiger partial charge in [0.15, 0.2) is 0 Å². The van der Waals surface area contributed by atoms with E-state index in [1.54, 1.807) is 11.3 Å². The van der Waals surface area contributed by atoms with E-state index >= 15 is 0 Å². The fourth-order valence-corrected chi connectivity index (χ4v) is 2.81. The normalized spacial score (nSPS) is 27.8. The largest absolute Gasteiger partial charge is 0.306 e. The van der Waals surface area contributed by atoms with Gasteiger partial charge in [-0.3, -0.25) is 0 Å². The predicted octanol–water partition coefficient (Wildman–Crippen LogP) is 2.78. The van der Waals surface area contributed by atoms with Gasteiger partial charge < -0.3 is 5.32 Å². The zero-order valence-electron chi connectivity index (χ0n) is 8.08.